The smallest absolute Gasteiger partial charge is 0.331 e. The highest BCUT2D eigenvalue weighted by Crippen LogP contribution is 2.35. The van der Waals surface area contributed by atoms with Crippen molar-refractivity contribution in [3.05, 3.63) is 72.9 Å². The topological polar surface area (TPSA) is 620 Å². The number of aliphatic hydroxyl groups is 4. The molecule has 12 aliphatic rings. The molecule has 24 atom stereocenters. The van der Waals surface area contributed by atoms with Crippen molar-refractivity contribution in [2.45, 2.75) is 215 Å². The minimum absolute atomic E-state index is 0. The fourth-order valence-corrected chi connectivity index (χ4v) is 12.5. The van der Waals surface area contributed by atoms with Crippen molar-refractivity contribution < 1.29 is 212 Å². The first-order chi connectivity index (χ1) is 55.0. The second-order valence-corrected chi connectivity index (χ2v) is 26.7. The van der Waals surface area contributed by atoms with Gasteiger partial charge in [0.1, 0.15) is 97.7 Å². The van der Waals surface area contributed by atoms with Crippen molar-refractivity contribution in [2.75, 3.05) is 79.3 Å². The third-order valence-electron chi connectivity index (χ3n) is 17.6. The first kappa shape index (κ1) is 98.7. The number of carboxylic acids is 4. The molecule has 8 N–H and O–H groups in total. The molecule has 0 saturated carbocycles. The zero-order valence-electron chi connectivity index (χ0n) is 62.4. The van der Waals surface area contributed by atoms with Gasteiger partial charge in [-0.05, 0) is 52.0 Å². The molecule has 12 saturated heterocycles. The largest absolute Gasteiger partial charge is 0.481 e. The van der Waals surface area contributed by atoms with Crippen molar-refractivity contribution in [1.82, 2.24) is 0 Å². The van der Waals surface area contributed by atoms with E-state index in [4.69, 9.17) is 115 Å². The Bertz CT molecular complexity index is 3490. The maximum absolute atomic E-state index is 11.6. The van der Waals surface area contributed by atoms with Gasteiger partial charge in [0.2, 0.25) is 0 Å². The van der Waals surface area contributed by atoms with Gasteiger partial charge in [-0.2, -0.15) is 0 Å². The van der Waals surface area contributed by atoms with E-state index in [0.717, 1.165) is 60.8 Å². The van der Waals surface area contributed by atoms with E-state index in [1.807, 2.05) is 0 Å². The van der Waals surface area contributed by atoms with E-state index in [1.165, 1.54) is 27.7 Å². The number of esters is 8. The summed E-state index contributed by atoms with van der Waals surface area (Å²) in [5.74, 6) is -11.1. The Hall–Kier alpha value is -9.88. The van der Waals surface area contributed by atoms with Crippen molar-refractivity contribution in [2.24, 2.45) is 0 Å². The van der Waals surface area contributed by atoms with Crippen LogP contribution in [0.15, 0.2) is 72.9 Å². The van der Waals surface area contributed by atoms with Gasteiger partial charge in [0.25, 0.3) is 0 Å². The molecule has 0 aromatic rings. The maximum atomic E-state index is 11.6. The highest BCUT2D eigenvalue weighted by atomic mass is 16.7. The zero-order chi connectivity index (χ0) is 85.0. The highest BCUT2D eigenvalue weighted by Gasteiger charge is 2.55. The van der Waals surface area contributed by atoms with Gasteiger partial charge < -0.3 is 136 Å². The van der Waals surface area contributed by atoms with Crippen LogP contribution >= 0.6 is 0 Å². The average Bonchev–Trinajstić information content (AvgIpc) is 1.71. The van der Waals surface area contributed by atoms with Crippen LogP contribution in [-0.4, -0.2) is 361 Å². The van der Waals surface area contributed by atoms with Crippen molar-refractivity contribution in [3.8, 4) is 0 Å². The predicted octanol–water partition coefficient (Wildman–Crippen LogP) is -3.69. The maximum Gasteiger partial charge on any atom is 0.331 e. The van der Waals surface area contributed by atoms with Crippen LogP contribution in [-0.2, 0) is 171 Å². The molecule has 0 bridgehead atoms. The number of hydrogen-bond acceptors (Lipinski definition) is 40. The Morgan fingerprint density at radius 2 is 0.398 bits per heavy atom. The second-order valence-electron chi connectivity index (χ2n) is 26.7. The van der Waals surface area contributed by atoms with Crippen molar-refractivity contribution in [1.29, 1.82) is 0 Å². The lowest BCUT2D eigenvalue weighted by molar-refractivity contribution is -0.156. The fraction of sp³-hybridized carbons (Fsp3) is 0.622. The molecule has 12 rings (SSSR count). The van der Waals surface area contributed by atoms with E-state index in [-0.39, 0.29) is 143 Å². The van der Waals surface area contributed by atoms with E-state index < -0.39 is 218 Å². The fourth-order valence-electron chi connectivity index (χ4n) is 12.5. The van der Waals surface area contributed by atoms with Gasteiger partial charge >= 0.3 is 71.6 Å². The lowest BCUT2D eigenvalue weighted by Gasteiger charge is -2.16. The molecule has 44 nitrogen and oxygen atoms in total. The summed E-state index contributed by atoms with van der Waals surface area (Å²) in [7, 11) is 0. The number of ether oxygens (including phenoxy) is 20. The number of rotatable bonds is 26. The van der Waals surface area contributed by atoms with Gasteiger partial charge in [-0.15, -0.1) is 0 Å². The van der Waals surface area contributed by atoms with Gasteiger partial charge in [0, 0.05) is 48.6 Å². The number of aliphatic carboxylic acids is 4. The number of allylic oxidation sites excluding steroid dienone is 4. The summed E-state index contributed by atoms with van der Waals surface area (Å²) in [6.07, 6.45) is -2.99. The highest BCUT2D eigenvalue weighted by molar-refractivity contribution is 5.97. The Balaban J connectivity index is 0.000000253. The van der Waals surface area contributed by atoms with Gasteiger partial charge in [-0.1, -0.05) is 14.9 Å². The number of hydrogen-bond donors (Lipinski definition) is 8. The normalized spacial score (nSPS) is 32.4. The third kappa shape index (κ3) is 31.1. The molecule has 12 aliphatic heterocycles. The number of carboxylic acid groups (broad SMARTS) is 4. The van der Waals surface area contributed by atoms with Gasteiger partial charge in [0.15, 0.2) is 72.0 Å². The summed E-state index contributed by atoms with van der Waals surface area (Å²) in [4.78, 5) is 176. The first-order valence-electron chi connectivity index (χ1n) is 35.8. The number of aliphatic hydroxyl groups excluding tert-OH is 4. The average molecular weight is 1690 g/mol. The summed E-state index contributed by atoms with van der Waals surface area (Å²) in [5.41, 5.74) is 0. The van der Waals surface area contributed by atoms with Crippen LogP contribution < -0.4 is 0 Å². The lowest BCUT2D eigenvalue weighted by Crippen LogP contribution is -2.35. The van der Waals surface area contributed by atoms with Gasteiger partial charge in [0.05, 0.1) is 105 Å². The number of ketones is 4. The molecule has 656 valence electrons. The van der Waals surface area contributed by atoms with Crippen LogP contribution in [0.1, 0.15) is 68.2 Å². The van der Waals surface area contributed by atoms with E-state index in [1.54, 1.807) is 0 Å². The van der Waals surface area contributed by atoms with Crippen LogP contribution in [0.4, 0.5) is 0 Å². The molecule has 44 heteroatoms. The van der Waals surface area contributed by atoms with Crippen LogP contribution in [0.3, 0.4) is 0 Å². The molecule has 0 unspecified atom stereocenters. The first-order valence-corrected chi connectivity index (χ1v) is 35.8. The molecular weight excluding hydrogens is 1590 g/mol. The number of fused-ring (bicyclic) bond motifs is 6. The van der Waals surface area contributed by atoms with Gasteiger partial charge in [-0.3, -0.25) is 38.4 Å². The third-order valence-corrected chi connectivity index (χ3v) is 17.6. The summed E-state index contributed by atoms with van der Waals surface area (Å²) < 4.78 is 105. The van der Waals surface area contributed by atoms with E-state index in [9.17, 15) is 97.1 Å². The lowest BCUT2D eigenvalue weighted by atomic mass is 10.1. The quantitative estimate of drug-likeness (QED) is 0.0235. The van der Waals surface area contributed by atoms with Crippen LogP contribution in [0, 0.1) is 0 Å². The summed E-state index contributed by atoms with van der Waals surface area (Å²) in [6.45, 7) is 6.95. The molecule has 118 heavy (non-hydrogen) atoms. The molecule has 12 heterocycles. The standard InChI is InChI=1S/C15H18O9.C15H16O9.2C11H14O6.C10H14O7.C10H12O7.2CH4/c2*1-8(16)2-4-12(19)23-9-6-21-15-10(7-22-14(9)15)24-13(20)5-3-11(17)18;2*1-6(12)2-3-9(14)17-8-5-16-10-7(13)4-15-11(8)10;2*11-5-3-15-10-6(4-16-9(5)10)17-8(14)2-1-7(12)13;;/h2,4,9-10,14-15H,3,5-7H2,1H3,(H,17,18);2-5,9-10,14-15H,6-7H2,1H3,(H,17,18);2*2-3,7-8,10-11,13H,4-5H2,1H3;5-6,9-11H,1-4H2,(H,12,13);1-2,5-6,9-11H,3-4H2,(H,12,13);2*1H4/b4-2+;4-2+,5-3-;2*3-2+;;2-1-;;/t2*9-,10+,14+,15+;2*7-,8+,10-,11-;2*5-,6+,9+,10+;;/m001100../s1. The van der Waals surface area contributed by atoms with E-state index in [0.29, 0.717) is 12.2 Å². The van der Waals surface area contributed by atoms with E-state index in [2.05, 4.69) is 0 Å². The molecule has 12 fully saturated rings. The van der Waals surface area contributed by atoms with E-state index >= 15 is 0 Å². The minimum Gasteiger partial charge on any atom is -0.481 e. The monoisotopic (exact) mass is 1690 g/mol. The van der Waals surface area contributed by atoms with Crippen LogP contribution in [0.5, 0.6) is 0 Å². The predicted molar refractivity (Wildman–Crippen MR) is 380 cm³/mol. The molecule has 0 radical (unpaired) electrons. The van der Waals surface area contributed by atoms with Crippen molar-refractivity contribution in [3.63, 3.8) is 0 Å². The molecular formula is C74H96O44. The molecule has 0 amide bonds. The minimum atomic E-state index is -1.27. The number of carbonyl (C=O) groups is 16. The molecule has 0 aromatic carbocycles. The zero-order valence-corrected chi connectivity index (χ0v) is 62.4. The Morgan fingerprint density at radius 3 is 0.576 bits per heavy atom. The number of carbonyl (C=O) groups excluding carboxylic acids is 12. The van der Waals surface area contributed by atoms with Gasteiger partial charge in [-0.25, -0.2) is 38.4 Å². The second kappa shape index (κ2) is 48.2. The van der Waals surface area contributed by atoms with Crippen LogP contribution in [0.2, 0.25) is 0 Å². The molecule has 0 aromatic heterocycles. The van der Waals surface area contributed by atoms with Crippen LogP contribution in [0.25, 0.3) is 0 Å². The summed E-state index contributed by atoms with van der Waals surface area (Å²) in [5, 5.41) is 71.6. The summed E-state index contributed by atoms with van der Waals surface area (Å²) >= 11 is 0. The molecule has 0 aliphatic carbocycles. The molecule has 0 spiro atoms. The SMILES string of the molecule is C.C.CC(=O)/C=C/C(=O)O[C@H]1CO[C@H]2[C@@H]1OC[C@H]2O.CC(=O)/C=C/C(=O)O[C@H]1CO[C@H]2[C@@H]1OC[C@H]2O.CC(=O)/C=C/C(=O)O[C@H]1CO[C@H]2[C@@H]1OC[C@H]2OC(=O)/C=C\C(=O)O.CC(=O)/C=C/C(=O)O[C@H]1CO[C@H]2[C@@H]1OC[C@H]2OC(=O)CCC(=O)O.O=C(O)/C=C\C(=O)O[C@@H]1CO[C@H]2[C@@H]1OC[C@@H]2O.O=C(O)CCC(=O)O[C@@H]1CO[C@H]2[C@@H]1OC[C@@H]2O. The summed E-state index contributed by atoms with van der Waals surface area (Å²) in [6, 6.07) is 0. The van der Waals surface area contributed by atoms with Crippen molar-refractivity contribution >= 4 is 94.8 Å². The Morgan fingerprint density at radius 1 is 0.237 bits per heavy atom. The Kier molecular flexibility index (Phi) is 40.4. The Labute approximate surface area is 671 Å².